The summed E-state index contributed by atoms with van der Waals surface area (Å²) in [4.78, 5) is 33.1. The van der Waals surface area contributed by atoms with Crippen LogP contribution in [-0.2, 0) is 11.3 Å². The Hall–Kier alpha value is -3.23. The molecular formula is C18H15F3N4O2. The number of benzene rings is 1. The zero-order valence-corrected chi connectivity index (χ0v) is 14.2. The Bertz CT molecular complexity index is 884. The van der Waals surface area contributed by atoms with Gasteiger partial charge in [-0.2, -0.15) is 13.2 Å². The second-order valence-electron chi connectivity index (χ2n) is 5.94. The third kappa shape index (κ3) is 3.40. The van der Waals surface area contributed by atoms with Crippen molar-refractivity contribution in [1.29, 1.82) is 0 Å². The van der Waals surface area contributed by atoms with Gasteiger partial charge in [0.25, 0.3) is 11.8 Å². The fraction of sp³-hybridized carbons (Fsp3) is 0.222. The Balaban J connectivity index is 1.93. The van der Waals surface area contributed by atoms with E-state index in [1.54, 1.807) is 35.6 Å². The fourth-order valence-electron chi connectivity index (χ4n) is 2.72. The maximum absolute atomic E-state index is 13.8. The van der Waals surface area contributed by atoms with E-state index in [2.05, 4.69) is 9.98 Å². The molecule has 1 aromatic heterocycles. The van der Waals surface area contributed by atoms with Crippen molar-refractivity contribution in [3.8, 4) is 0 Å². The van der Waals surface area contributed by atoms with Gasteiger partial charge in [0.1, 0.15) is 5.84 Å². The van der Waals surface area contributed by atoms with E-state index in [0.717, 1.165) is 11.1 Å². The van der Waals surface area contributed by atoms with Crippen molar-refractivity contribution in [3.05, 3.63) is 66.0 Å². The quantitative estimate of drug-likeness (QED) is 0.891. The zero-order chi connectivity index (χ0) is 19.7. The second kappa shape index (κ2) is 6.82. The van der Waals surface area contributed by atoms with Crippen LogP contribution in [0.4, 0.5) is 13.2 Å². The highest BCUT2D eigenvalue weighted by atomic mass is 19.4. The molecule has 1 aromatic carbocycles. The van der Waals surface area contributed by atoms with Crippen LogP contribution < -0.4 is 5.32 Å². The molecule has 2 aromatic rings. The Morgan fingerprint density at radius 1 is 1.19 bits per heavy atom. The summed E-state index contributed by atoms with van der Waals surface area (Å²) in [6.07, 6.45) is -2.63. The Labute approximate surface area is 152 Å². The first-order valence-corrected chi connectivity index (χ1v) is 7.96. The van der Waals surface area contributed by atoms with Crippen LogP contribution >= 0.6 is 0 Å². The Morgan fingerprint density at radius 3 is 2.48 bits per heavy atom. The number of amidine groups is 1. The van der Waals surface area contributed by atoms with Crippen LogP contribution in [0.25, 0.3) is 0 Å². The summed E-state index contributed by atoms with van der Waals surface area (Å²) in [6.45, 7) is 1.21. The topological polar surface area (TPSA) is 74.7 Å². The molecule has 0 saturated heterocycles. The first-order valence-electron chi connectivity index (χ1n) is 7.96. The number of alkyl halides is 3. The summed E-state index contributed by atoms with van der Waals surface area (Å²) in [6, 6.07) is 11.2. The lowest BCUT2D eigenvalue weighted by Crippen LogP contribution is -2.63. The van der Waals surface area contributed by atoms with E-state index in [0.29, 0.717) is 5.56 Å². The molecule has 6 nitrogen and oxygen atoms in total. The largest absolute Gasteiger partial charge is 0.442 e. The lowest BCUT2D eigenvalue weighted by Gasteiger charge is -2.29. The number of carbonyl (C=O) groups is 2. The zero-order valence-electron chi connectivity index (χ0n) is 14.2. The SMILES string of the molecule is CC1=N[C@](NC(=O)c2cccnc2)(C(F)(F)F)C(=O)N1Cc1ccccc1. The molecule has 0 spiro atoms. The number of rotatable bonds is 4. The number of pyridine rings is 1. The molecular weight excluding hydrogens is 361 g/mol. The predicted octanol–water partition coefficient (Wildman–Crippen LogP) is 2.53. The molecule has 1 aliphatic heterocycles. The number of nitrogens with zero attached hydrogens (tertiary/aromatic N) is 3. The summed E-state index contributed by atoms with van der Waals surface area (Å²) in [5.41, 5.74) is -2.83. The van der Waals surface area contributed by atoms with Gasteiger partial charge in [-0.1, -0.05) is 30.3 Å². The summed E-state index contributed by atoms with van der Waals surface area (Å²) >= 11 is 0. The van der Waals surface area contributed by atoms with Crippen LogP contribution in [0.1, 0.15) is 22.8 Å². The minimum Gasteiger partial charge on any atom is -0.312 e. The lowest BCUT2D eigenvalue weighted by atomic mass is 10.1. The normalized spacial score (nSPS) is 19.8. The monoisotopic (exact) mass is 376 g/mol. The molecule has 27 heavy (non-hydrogen) atoms. The van der Waals surface area contributed by atoms with E-state index >= 15 is 0 Å². The summed E-state index contributed by atoms with van der Waals surface area (Å²) in [7, 11) is 0. The first kappa shape index (κ1) is 18.6. The van der Waals surface area contributed by atoms with E-state index in [1.807, 2.05) is 0 Å². The van der Waals surface area contributed by atoms with E-state index in [9.17, 15) is 22.8 Å². The lowest BCUT2D eigenvalue weighted by molar-refractivity contribution is -0.196. The van der Waals surface area contributed by atoms with E-state index in [1.165, 1.54) is 25.3 Å². The average molecular weight is 376 g/mol. The van der Waals surface area contributed by atoms with Gasteiger partial charge in [-0.25, -0.2) is 4.99 Å². The smallest absolute Gasteiger partial charge is 0.312 e. The minimum atomic E-state index is -5.12. The molecule has 0 fully saturated rings. The van der Waals surface area contributed by atoms with Crippen LogP contribution in [-0.4, -0.2) is 39.4 Å². The standard InChI is InChI=1S/C18H15F3N4O2/c1-12-23-17(18(19,20)21,24-15(26)14-8-5-9-22-10-14)16(27)25(12)11-13-6-3-2-4-7-13/h2-10H,11H2,1H3,(H,24,26)/t17-/m1/s1. The first-order chi connectivity index (χ1) is 12.7. The van der Waals surface area contributed by atoms with Crippen LogP contribution in [0.3, 0.4) is 0 Å². The number of aromatic nitrogens is 1. The molecule has 1 N–H and O–H groups in total. The number of amides is 2. The number of hydrogen-bond acceptors (Lipinski definition) is 4. The molecule has 1 atom stereocenters. The van der Waals surface area contributed by atoms with Gasteiger partial charge >= 0.3 is 11.8 Å². The van der Waals surface area contributed by atoms with Crippen molar-refractivity contribution in [1.82, 2.24) is 15.2 Å². The van der Waals surface area contributed by atoms with Crippen molar-refractivity contribution >= 4 is 17.6 Å². The number of carbonyl (C=O) groups excluding carboxylic acids is 2. The molecule has 0 saturated carbocycles. The minimum absolute atomic E-state index is 0.0877. The molecule has 9 heteroatoms. The highest BCUT2D eigenvalue weighted by Crippen LogP contribution is 2.38. The average Bonchev–Trinajstić information content (AvgIpc) is 2.88. The van der Waals surface area contributed by atoms with Crippen molar-refractivity contribution in [3.63, 3.8) is 0 Å². The predicted molar refractivity (Wildman–Crippen MR) is 90.6 cm³/mol. The molecule has 2 amide bonds. The second-order valence-corrected chi connectivity index (χ2v) is 5.94. The van der Waals surface area contributed by atoms with Crippen molar-refractivity contribution in [2.45, 2.75) is 25.3 Å². The van der Waals surface area contributed by atoms with Crippen molar-refractivity contribution in [2.75, 3.05) is 0 Å². The van der Waals surface area contributed by atoms with Crippen LogP contribution in [0.5, 0.6) is 0 Å². The summed E-state index contributed by atoms with van der Waals surface area (Å²) < 4.78 is 41.5. The molecule has 0 bridgehead atoms. The molecule has 3 rings (SSSR count). The van der Waals surface area contributed by atoms with E-state index in [-0.39, 0.29) is 17.9 Å². The van der Waals surface area contributed by atoms with Crippen molar-refractivity contribution in [2.24, 2.45) is 4.99 Å². The number of nitrogens with one attached hydrogen (secondary N) is 1. The van der Waals surface area contributed by atoms with Crippen LogP contribution in [0.15, 0.2) is 59.9 Å². The van der Waals surface area contributed by atoms with Crippen LogP contribution in [0, 0.1) is 0 Å². The molecule has 0 aliphatic carbocycles. The summed E-state index contributed by atoms with van der Waals surface area (Å²) in [5.74, 6) is -2.58. The Kier molecular flexibility index (Phi) is 4.69. The van der Waals surface area contributed by atoms with Gasteiger partial charge in [0.2, 0.25) is 0 Å². The number of aliphatic imine (C=N–C) groups is 1. The van der Waals surface area contributed by atoms with Crippen LogP contribution in [0.2, 0.25) is 0 Å². The van der Waals surface area contributed by atoms with E-state index in [4.69, 9.17) is 0 Å². The molecule has 0 radical (unpaired) electrons. The maximum Gasteiger partial charge on any atom is 0.442 e. The third-order valence-corrected chi connectivity index (χ3v) is 4.09. The van der Waals surface area contributed by atoms with Gasteiger partial charge in [0.15, 0.2) is 0 Å². The molecule has 2 heterocycles. The van der Waals surface area contributed by atoms with Gasteiger partial charge in [-0.05, 0) is 24.6 Å². The molecule has 140 valence electrons. The molecule has 1 aliphatic rings. The van der Waals surface area contributed by atoms with E-state index < -0.39 is 23.7 Å². The maximum atomic E-state index is 13.8. The van der Waals surface area contributed by atoms with Gasteiger partial charge in [0, 0.05) is 12.4 Å². The van der Waals surface area contributed by atoms with Gasteiger partial charge in [-0.3, -0.25) is 19.5 Å². The van der Waals surface area contributed by atoms with Gasteiger partial charge in [0.05, 0.1) is 12.1 Å². The van der Waals surface area contributed by atoms with Gasteiger partial charge in [-0.15, -0.1) is 0 Å². The summed E-state index contributed by atoms with van der Waals surface area (Å²) in [5, 5.41) is 1.76. The van der Waals surface area contributed by atoms with Crippen molar-refractivity contribution < 1.29 is 22.8 Å². The Morgan fingerprint density at radius 2 is 1.89 bits per heavy atom. The highest BCUT2D eigenvalue weighted by Gasteiger charge is 2.66. The fourth-order valence-corrected chi connectivity index (χ4v) is 2.72. The number of hydrogen-bond donors (Lipinski definition) is 1. The van der Waals surface area contributed by atoms with Gasteiger partial charge < -0.3 is 5.32 Å². The third-order valence-electron chi connectivity index (χ3n) is 4.09. The number of halogens is 3. The molecule has 0 unspecified atom stereocenters. The highest BCUT2D eigenvalue weighted by molar-refractivity contribution is 6.10.